The van der Waals surface area contributed by atoms with Gasteiger partial charge in [0.05, 0.1) is 22.4 Å². The van der Waals surface area contributed by atoms with Gasteiger partial charge in [0.2, 0.25) is 15.9 Å². The van der Waals surface area contributed by atoms with Crippen LogP contribution in [-0.4, -0.2) is 47.9 Å². The summed E-state index contributed by atoms with van der Waals surface area (Å²) in [6.07, 6.45) is 2.53. The number of sulfonamides is 1. The normalized spacial score (nSPS) is 18.6. The van der Waals surface area contributed by atoms with Crippen LogP contribution >= 0.6 is 22.7 Å². The summed E-state index contributed by atoms with van der Waals surface area (Å²) in [5, 5.41) is 6.02. The summed E-state index contributed by atoms with van der Waals surface area (Å²) in [5.41, 5.74) is 1.66. The van der Waals surface area contributed by atoms with Gasteiger partial charge in [0, 0.05) is 18.5 Å². The number of nitrogens with zero attached hydrogens (tertiary/aromatic N) is 3. The van der Waals surface area contributed by atoms with Gasteiger partial charge in [-0.25, -0.2) is 22.7 Å². The van der Waals surface area contributed by atoms with E-state index in [0.29, 0.717) is 24.5 Å². The molecule has 27 heavy (non-hydrogen) atoms. The van der Waals surface area contributed by atoms with Crippen molar-refractivity contribution in [3.05, 3.63) is 29.6 Å². The average molecular weight is 423 g/mol. The number of para-hydroxylation sites is 1. The molecule has 4 rings (SSSR count). The van der Waals surface area contributed by atoms with Crippen LogP contribution in [0.2, 0.25) is 0 Å². The lowest BCUT2D eigenvalue weighted by Gasteiger charge is -2.29. The minimum absolute atomic E-state index is 0.187. The lowest BCUT2D eigenvalue weighted by molar-refractivity contribution is -0.120. The number of fused-ring (bicyclic) bond motifs is 1. The van der Waals surface area contributed by atoms with Crippen LogP contribution in [0.3, 0.4) is 0 Å². The molecule has 1 aliphatic rings. The van der Waals surface area contributed by atoms with Gasteiger partial charge in [-0.15, -0.1) is 22.7 Å². The number of rotatable bonds is 4. The number of benzene rings is 1. The Morgan fingerprint density at radius 1 is 1.30 bits per heavy atom. The van der Waals surface area contributed by atoms with Gasteiger partial charge in [-0.1, -0.05) is 12.1 Å². The van der Waals surface area contributed by atoms with E-state index in [2.05, 4.69) is 15.3 Å². The molecular weight excluding hydrogens is 404 g/mol. The van der Waals surface area contributed by atoms with Gasteiger partial charge in [-0.3, -0.25) is 4.79 Å². The second-order valence-electron chi connectivity index (χ2n) is 6.47. The van der Waals surface area contributed by atoms with E-state index in [9.17, 15) is 13.2 Å². The topological polar surface area (TPSA) is 92.3 Å². The van der Waals surface area contributed by atoms with Gasteiger partial charge in [0.25, 0.3) is 0 Å². The zero-order chi connectivity index (χ0) is 19.0. The van der Waals surface area contributed by atoms with E-state index in [4.69, 9.17) is 0 Å². The van der Waals surface area contributed by atoms with Gasteiger partial charge in [-0.05, 0) is 25.0 Å². The van der Waals surface area contributed by atoms with Crippen molar-refractivity contribution in [2.24, 2.45) is 5.92 Å². The Labute approximate surface area is 165 Å². The fraction of sp³-hybridized carbons (Fsp3) is 0.353. The second kappa shape index (κ2) is 7.27. The molecule has 1 atom stereocenters. The number of aromatic nitrogens is 2. The van der Waals surface area contributed by atoms with Gasteiger partial charge >= 0.3 is 0 Å². The maximum absolute atomic E-state index is 12.5. The van der Waals surface area contributed by atoms with Crippen molar-refractivity contribution < 1.29 is 13.2 Å². The zero-order valence-corrected chi connectivity index (χ0v) is 17.0. The molecule has 0 aliphatic carbocycles. The molecule has 0 bridgehead atoms. The van der Waals surface area contributed by atoms with E-state index in [1.54, 1.807) is 11.3 Å². The molecule has 3 aromatic rings. The Morgan fingerprint density at radius 3 is 2.89 bits per heavy atom. The molecule has 1 amide bonds. The van der Waals surface area contributed by atoms with E-state index in [-0.39, 0.29) is 18.4 Å². The molecule has 1 aliphatic heterocycles. The van der Waals surface area contributed by atoms with Crippen LogP contribution in [0.25, 0.3) is 20.9 Å². The number of carbonyl (C=O) groups is 1. The number of piperidine rings is 1. The molecule has 0 unspecified atom stereocenters. The lowest BCUT2D eigenvalue weighted by atomic mass is 9.99. The van der Waals surface area contributed by atoms with Crippen LogP contribution in [-0.2, 0) is 14.8 Å². The van der Waals surface area contributed by atoms with Crippen LogP contribution in [0.15, 0.2) is 29.6 Å². The van der Waals surface area contributed by atoms with Gasteiger partial charge in [0.15, 0.2) is 5.13 Å². The SMILES string of the molecule is CS(=O)(=O)N1CCC[C@H](C(=O)Nc2nc(-c3nc4ccccc4s3)cs2)C1. The fourth-order valence-electron chi connectivity index (χ4n) is 3.08. The minimum Gasteiger partial charge on any atom is -0.302 e. The number of hydrogen-bond donors (Lipinski definition) is 1. The molecule has 2 aromatic heterocycles. The average Bonchev–Trinajstić information content (AvgIpc) is 3.27. The number of hydrogen-bond acceptors (Lipinski definition) is 7. The quantitative estimate of drug-likeness (QED) is 0.698. The van der Waals surface area contributed by atoms with E-state index in [1.807, 2.05) is 29.6 Å². The molecule has 1 N–H and O–H groups in total. The van der Waals surface area contributed by atoms with Crippen molar-refractivity contribution in [2.45, 2.75) is 12.8 Å². The highest BCUT2D eigenvalue weighted by molar-refractivity contribution is 7.88. The monoisotopic (exact) mass is 422 g/mol. The predicted octanol–water partition coefficient (Wildman–Crippen LogP) is 3.03. The number of carbonyl (C=O) groups excluding carboxylic acids is 1. The first-order valence-electron chi connectivity index (χ1n) is 8.47. The van der Waals surface area contributed by atoms with E-state index in [1.165, 1.54) is 21.9 Å². The van der Waals surface area contributed by atoms with Crippen LogP contribution in [0.4, 0.5) is 5.13 Å². The Kier molecular flexibility index (Phi) is 4.97. The first-order valence-corrected chi connectivity index (χ1v) is 12.0. The molecule has 7 nitrogen and oxygen atoms in total. The summed E-state index contributed by atoms with van der Waals surface area (Å²) < 4.78 is 25.9. The summed E-state index contributed by atoms with van der Waals surface area (Å²) in [7, 11) is -3.28. The first kappa shape index (κ1) is 18.5. The third-order valence-electron chi connectivity index (χ3n) is 4.47. The molecule has 3 heterocycles. The van der Waals surface area contributed by atoms with E-state index < -0.39 is 10.0 Å². The largest absolute Gasteiger partial charge is 0.302 e. The highest BCUT2D eigenvalue weighted by Crippen LogP contribution is 2.32. The third kappa shape index (κ3) is 4.03. The fourth-order valence-corrected chi connectivity index (χ4v) is 5.69. The molecule has 1 aromatic carbocycles. The summed E-state index contributed by atoms with van der Waals surface area (Å²) >= 11 is 2.91. The van der Waals surface area contributed by atoms with E-state index >= 15 is 0 Å². The van der Waals surface area contributed by atoms with Crippen LogP contribution in [0, 0.1) is 5.92 Å². The van der Waals surface area contributed by atoms with Crippen molar-refractivity contribution in [3.63, 3.8) is 0 Å². The highest BCUT2D eigenvalue weighted by Gasteiger charge is 2.30. The van der Waals surface area contributed by atoms with Gasteiger partial charge < -0.3 is 5.32 Å². The van der Waals surface area contributed by atoms with E-state index in [0.717, 1.165) is 20.9 Å². The smallest absolute Gasteiger partial charge is 0.230 e. The standard InChI is InChI=1S/C17H18N4O3S3/c1-27(23,24)21-8-4-5-11(9-21)15(22)20-17-19-13(10-25-17)16-18-12-6-2-3-7-14(12)26-16/h2-3,6-7,10-11H,4-5,8-9H2,1H3,(H,19,20,22)/t11-/m0/s1. The van der Waals surface area contributed by atoms with Crippen LogP contribution in [0.5, 0.6) is 0 Å². The van der Waals surface area contributed by atoms with Crippen molar-refractivity contribution in [3.8, 4) is 10.7 Å². The molecule has 0 radical (unpaired) electrons. The number of anilines is 1. The Morgan fingerprint density at radius 2 is 2.11 bits per heavy atom. The van der Waals surface area contributed by atoms with Crippen molar-refractivity contribution in [1.82, 2.24) is 14.3 Å². The summed E-state index contributed by atoms with van der Waals surface area (Å²) in [5.74, 6) is -0.545. The Bertz CT molecular complexity index is 1060. The Balaban J connectivity index is 1.46. The minimum atomic E-state index is -3.28. The maximum Gasteiger partial charge on any atom is 0.230 e. The summed E-state index contributed by atoms with van der Waals surface area (Å²) in [4.78, 5) is 21.6. The number of amides is 1. The van der Waals surface area contributed by atoms with Crippen molar-refractivity contribution in [2.75, 3.05) is 24.7 Å². The summed E-state index contributed by atoms with van der Waals surface area (Å²) in [6.45, 7) is 0.697. The molecule has 1 fully saturated rings. The molecule has 142 valence electrons. The van der Waals surface area contributed by atoms with Crippen molar-refractivity contribution in [1.29, 1.82) is 0 Å². The predicted molar refractivity (Wildman–Crippen MR) is 108 cm³/mol. The van der Waals surface area contributed by atoms with Gasteiger partial charge in [-0.2, -0.15) is 0 Å². The lowest BCUT2D eigenvalue weighted by Crippen LogP contribution is -2.43. The summed E-state index contributed by atoms with van der Waals surface area (Å²) in [6, 6.07) is 7.90. The highest BCUT2D eigenvalue weighted by atomic mass is 32.2. The molecule has 10 heteroatoms. The second-order valence-corrected chi connectivity index (χ2v) is 10.3. The van der Waals surface area contributed by atoms with Crippen molar-refractivity contribution >= 4 is 54.0 Å². The number of nitrogens with one attached hydrogen (secondary N) is 1. The van der Waals surface area contributed by atoms with Crippen LogP contribution in [0.1, 0.15) is 12.8 Å². The molecule has 0 spiro atoms. The third-order valence-corrected chi connectivity index (χ3v) is 7.56. The zero-order valence-electron chi connectivity index (χ0n) is 14.6. The first-order chi connectivity index (χ1) is 12.9. The molecular formula is C17H18N4O3S3. The molecule has 1 saturated heterocycles. The maximum atomic E-state index is 12.5. The Hall–Kier alpha value is -1.88. The number of thiazole rings is 2. The van der Waals surface area contributed by atoms with Crippen LogP contribution < -0.4 is 5.32 Å². The van der Waals surface area contributed by atoms with Gasteiger partial charge in [0.1, 0.15) is 10.7 Å². The molecule has 0 saturated carbocycles.